The number of hydrogen-bond donors (Lipinski definition) is 1. The normalized spacial score (nSPS) is 25.0. The number of rotatable bonds is 2. The molecule has 1 amide bonds. The van der Waals surface area contributed by atoms with Gasteiger partial charge in [0, 0.05) is 13.1 Å². The van der Waals surface area contributed by atoms with Crippen LogP contribution in [0.2, 0.25) is 5.02 Å². The largest absolute Gasteiger partial charge is 0.394 e. The highest BCUT2D eigenvalue weighted by Crippen LogP contribution is 2.25. The summed E-state index contributed by atoms with van der Waals surface area (Å²) in [6.45, 7) is 2.75. The van der Waals surface area contributed by atoms with Crippen molar-refractivity contribution in [2.75, 3.05) is 19.7 Å². The van der Waals surface area contributed by atoms with E-state index in [0.29, 0.717) is 23.0 Å². The Morgan fingerprint density at radius 3 is 3.06 bits per heavy atom. The molecular formula is C11H14ClNO3S. The molecule has 4 nitrogen and oxygen atoms in total. The number of thiophene rings is 1. The molecule has 2 rings (SSSR count). The van der Waals surface area contributed by atoms with Crippen LogP contribution in [0, 0.1) is 0 Å². The summed E-state index contributed by atoms with van der Waals surface area (Å²) in [4.78, 5) is 14.4. The topological polar surface area (TPSA) is 49.8 Å². The second kappa shape index (κ2) is 5.35. The Bertz CT molecular complexity index is 409. The van der Waals surface area contributed by atoms with E-state index in [0.717, 1.165) is 0 Å². The summed E-state index contributed by atoms with van der Waals surface area (Å²) in [6.07, 6.45) is -0.370. The van der Waals surface area contributed by atoms with Gasteiger partial charge in [0.05, 0.1) is 23.8 Å². The van der Waals surface area contributed by atoms with Crippen molar-refractivity contribution in [1.82, 2.24) is 4.90 Å². The lowest BCUT2D eigenvalue weighted by Gasteiger charge is -2.35. The van der Waals surface area contributed by atoms with Crippen LogP contribution in [0.1, 0.15) is 16.6 Å². The maximum Gasteiger partial charge on any atom is 0.265 e. The van der Waals surface area contributed by atoms with Crippen LogP contribution in [-0.2, 0) is 4.74 Å². The smallest absolute Gasteiger partial charge is 0.265 e. The summed E-state index contributed by atoms with van der Waals surface area (Å²) in [5.74, 6) is -0.0846. The first-order valence-corrected chi connectivity index (χ1v) is 6.66. The molecule has 0 saturated carbocycles. The number of halogens is 1. The molecule has 1 saturated heterocycles. The van der Waals surface area contributed by atoms with Crippen molar-refractivity contribution < 1.29 is 14.6 Å². The van der Waals surface area contributed by atoms with Gasteiger partial charge in [0.2, 0.25) is 0 Å². The van der Waals surface area contributed by atoms with E-state index < -0.39 is 0 Å². The van der Waals surface area contributed by atoms with Crippen LogP contribution in [-0.4, -0.2) is 47.8 Å². The zero-order chi connectivity index (χ0) is 12.4. The molecule has 0 bridgehead atoms. The van der Waals surface area contributed by atoms with Gasteiger partial charge in [-0.05, 0) is 18.4 Å². The molecule has 1 aromatic rings. The van der Waals surface area contributed by atoms with Gasteiger partial charge in [0.25, 0.3) is 5.91 Å². The average Bonchev–Trinajstić information content (AvgIpc) is 2.73. The predicted molar refractivity (Wildman–Crippen MR) is 66.7 cm³/mol. The van der Waals surface area contributed by atoms with Gasteiger partial charge in [-0.25, -0.2) is 0 Å². The van der Waals surface area contributed by atoms with Crippen molar-refractivity contribution in [3.8, 4) is 0 Å². The first-order chi connectivity index (χ1) is 8.11. The molecule has 0 aromatic carbocycles. The van der Waals surface area contributed by atoms with Gasteiger partial charge in [0.15, 0.2) is 0 Å². The van der Waals surface area contributed by atoms with E-state index in [-0.39, 0.29) is 24.7 Å². The van der Waals surface area contributed by atoms with Crippen molar-refractivity contribution in [2.24, 2.45) is 0 Å². The quantitative estimate of drug-likeness (QED) is 0.892. The second-order valence-corrected chi connectivity index (χ2v) is 5.38. The lowest BCUT2D eigenvalue weighted by atomic mass is 10.2. The molecule has 2 heterocycles. The van der Waals surface area contributed by atoms with E-state index in [1.165, 1.54) is 11.3 Å². The third-order valence-electron chi connectivity index (χ3n) is 2.63. The first-order valence-electron chi connectivity index (χ1n) is 5.40. The van der Waals surface area contributed by atoms with Gasteiger partial charge < -0.3 is 14.7 Å². The predicted octanol–water partition coefficient (Wildman–Crippen LogP) is 1.62. The molecule has 1 aliphatic rings. The summed E-state index contributed by atoms with van der Waals surface area (Å²) in [7, 11) is 0. The molecule has 17 heavy (non-hydrogen) atoms. The fourth-order valence-electron chi connectivity index (χ4n) is 1.90. The minimum atomic E-state index is -0.304. The average molecular weight is 276 g/mol. The SMILES string of the molecule is CC1CN(C(=O)c2sccc2Cl)CC(CO)O1. The molecule has 0 aliphatic carbocycles. The van der Waals surface area contributed by atoms with Crippen LogP contribution >= 0.6 is 22.9 Å². The van der Waals surface area contributed by atoms with E-state index in [2.05, 4.69) is 0 Å². The lowest BCUT2D eigenvalue weighted by molar-refractivity contribution is -0.0857. The molecule has 6 heteroatoms. The number of ether oxygens (including phenoxy) is 1. The molecule has 1 N–H and O–H groups in total. The minimum Gasteiger partial charge on any atom is -0.394 e. The number of aliphatic hydroxyl groups is 1. The van der Waals surface area contributed by atoms with Crippen LogP contribution in [0.25, 0.3) is 0 Å². The van der Waals surface area contributed by atoms with Crippen molar-refractivity contribution in [3.63, 3.8) is 0 Å². The molecule has 94 valence electrons. The standard InChI is InChI=1S/C11H14ClNO3S/c1-7-4-13(5-8(6-14)16-7)11(15)10-9(12)2-3-17-10/h2-3,7-8,14H,4-6H2,1H3. The fraction of sp³-hybridized carbons (Fsp3) is 0.545. The van der Waals surface area contributed by atoms with Crippen molar-refractivity contribution in [3.05, 3.63) is 21.3 Å². The number of carbonyl (C=O) groups excluding carboxylic acids is 1. The number of aliphatic hydroxyl groups excluding tert-OH is 1. The maximum absolute atomic E-state index is 12.2. The number of morpholine rings is 1. The van der Waals surface area contributed by atoms with Crippen LogP contribution in [0.15, 0.2) is 11.4 Å². The van der Waals surface area contributed by atoms with Gasteiger partial charge in [-0.3, -0.25) is 4.79 Å². The molecule has 2 atom stereocenters. The van der Waals surface area contributed by atoms with Gasteiger partial charge in [-0.2, -0.15) is 0 Å². The Kier molecular flexibility index (Phi) is 4.04. The molecular weight excluding hydrogens is 262 g/mol. The van der Waals surface area contributed by atoms with Gasteiger partial charge >= 0.3 is 0 Å². The Morgan fingerprint density at radius 2 is 2.47 bits per heavy atom. The van der Waals surface area contributed by atoms with Crippen molar-refractivity contribution in [2.45, 2.75) is 19.1 Å². The van der Waals surface area contributed by atoms with Crippen LogP contribution in [0.5, 0.6) is 0 Å². The van der Waals surface area contributed by atoms with E-state index in [4.69, 9.17) is 21.4 Å². The molecule has 0 spiro atoms. The summed E-state index contributed by atoms with van der Waals surface area (Å²) < 4.78 is 5.49. The third kappa shape index (κ3) is 2.80. The van der Waals surface area contributed by atoms with Crippen LogP contribution in [0.4, 0.5) is 0 Å². The highest BCUT2D eigenvalue weighted by molar-refractivity contribution is 7.12. The zero-order valence-electron chi connectivity index (χ0n) is 9.43. The monoisotopic (exact) mass is 275 g/mol. The van der Waals surface area contributed by atoms with E-state index >= 15 is 0 Å². The molecule has 2 unspecified atom stereocenters. The van der Waals surface area contributed by atoms with Crippen molar-refractivity contribution in [1.29, 1.82) is 0 Å². The second-order valence-electron chi connectivity index (χ2n) is 4.06. The summed E-state index contributed by atoms with van der Waals surface area (Å²) in [5, 5.41) is 11.4. The van der Waals surface area contributed by atoms with Gasteiger partial charge in [-0.15, -0.1) is 11.3 Å². The Balaban J connectivity index is 2.11. The molecule has 0 radical (unpaired) electrons. The number of amides is 1. The Morgan fingerprint density at radius 1 is 1.71 bits per heavy atom. The van der Waals surface area contributed by atoms with Crippen molar-refractivity contribution >= 4 is 28.8 Å². The third-order valence-corrected chi connectivity index (χ3v) is 3.96. The number of carbonyl (C=O) groups is 1. The van der Waals surface area contributed by atoms with Gasteiger partial charge in [-0.1, -0.05) is 11.6 Å². The van der Waals surface area contributed by atoms with Gasteiger partial charge in [0.1, 0.15) is 4.88 Å². The first kappa shape index (κ1) is 12.8. The van der Waals surface area contributed by atoms with E-state index in [1.54, 1.807) is 16.3 Å². The highest BCUT2D eigenvalue weighted by Gasteiger charge is 2.29. The van der Waals surface area contributed by atoms with Crippen LogP contribution in [0.3, 0.4) is 0 Å². The highest BCUT2D eigenvalue weighted by atomic mass is 35.5. The molecule has 1 aliphatic heterocycles. The lowest BCUT2D eigenvalue weighted by Crippen LogP contribution is -2.50. The summed E-state index contributed by atoms with van der Waals surface area (Å²) in [6, 6.07) is 1.72. The number of hydrogen-bond acceptors (Lipinski definition) is 4. The van der Waals surface area contributed by atoms with Crippen LogP contribution < -0.4 is 0 Å². The summed E-state index contributed by atoms with van der Waals surface area (Å²) >= 11 is 7.28. The minimum absolute atomic E-state index is 0.0661. The zero-order valence-corrected chi connectivity index (χ0v) is 11.0. The maximum atomic E-state index is 12.2. The Hall–Kier alpha value is -0.620. The number of nitrogens with zero attached hydrogens (tertiary/aromatic N) is 1. The molecule has 1 fully saturated rings. The Labute approximate surface area is 109 Å². The molecule has 1 aromatic heterocycles. The van der Waals surface area contributed by atoms with E-state index in [1.807, 2.05) is 6.92 Å². The van der Waals surface area contributed by atoms with E-state index in [9.17, 15) is 4.79 Å². The summed E-state index contributed by atoms with van der Waals surface area (Å²) in [5.41, 5.74) is 0. The fourth-order valence-corrected chi connectivity index (χ4v) is 3.00.